The summed E-state index contributed by atoms with van der Waals surface area (Å²) in [5.41, 5.74) is 3.58. The molecule has 1 aliphatic heterocycles. The Kier molecular flexibility index (Phi) is 2.62. The molecule has 0 amide bonds. The third-order valence-corrected chi connectivity index (χ3v) is 4.64. The van der Waals surface area contributed by atoms with Crippen LogP contribution in [-0.4, -0.2) is 20.1 Å². The average molecular weight is 230 g/mol. The largest absolute Gasteiger partial charge is 0.370 e. The maximum atomic E-state index is 3.35. The van der Waals surface area contributed by atoms with E-state index in [1.54, 1.807) is 0 Å². The summed E-state index contributed by atoms with van der Waals surface area (Å²) in [6.45, 7) is 4.79. The minimum Gasteiger partial charge on any atom is -0.370 e. The molecule has 92 valence electrons. The summed E-state index contributed by atoms with van der Waals surface area (Å²) in [6.07, 6.45) is 4.35. The van der Waals surface area contributed by atoms with Crippen LogP contribution in [0.25, 0.3) is 0 Å². The monoisotopic (exact) mass is 230 g/mol. The Hall–Kier alpha value is -1.02. The molecule has 1 spiro atoms. The van der Waals surface area contributed by atoms with Crippen LogP contribution in [0.5, 0.6) is 0 Å². The van der Waals surface area contributed by atoms with Crippen molar-refractivity contribution in [2.45, 2.75) is 32.2 Å². The van der Waals surface area contributed by atoms with Crippen molar-refractivity contribution in [2.75, 3.05) is 25.0 Å². The highest BCUT2D eigenvalue weighted by atomic mass is 15.2. The van der Waals surface area contributed by atoms with Crippen molar-refractivity contribution in [3.8, 4) is 0 Å². The van der Waals surface area contributed by atoms with E-state index in [0.29, 0.717) is 11.5 Å². The fraction of sp³-hybridized carbons (Fsp3) is 0.600. The number of hydrogen-bond acceptors (Lipinski definition) is 2. The van der Waals surface area contributed by atoms with Crippen LogP contribution in [0.15, 0.2) is 24.3 Å². The molecule has 0 aromatic heterocycles. The summed E-state index contributed by atoms with van der Waals surface area (Å²) in [5, 5.41) is 3.35. The molecular formula is C15H22N2. The van der Waals surface area contributed by atoms with Crippen molar-refractivity contribution in [1.29, 1.82) is 0 Å². The highest BCUT2D eigenvalue weighted by Gasteiger charge is 2.47. The first-order chi connectivity index (χ1) is 8.24. The summed E-state index contributed by atoms with van der Waals surface area (Å²) < 4.78 is 0. The molecule has 0 bridgehead atoms. The van der Waals surface area contributed by atoms with E-state index >= 15 is 0 Å². The zero-order valence-electron chi connectivity index (χ0n) is 10.9. The molecule has 3 rings (SSSR count). The van der Waals surface area contributed by atoms with Crippen LogP contribution < -0.4 is 10.2 Å². The molecule has 1 saturated carbocycles. The van der Waals surface area contributed by atoms with Crippen molar-refractivity contribution >= 4 is 5.69 Å². The second-order valence-corrected chi connectivity index (χ2v) is 5.78. The maximum absolute atomic E-state index is 3.35. The Morgan fingerprint density at radius 3 is 2.53 bits per heavy atom. The first-order valence-electron chi connectivity index (χ1n) is 6.75. The van der Waals surface area contributed by atoms with Gasteiger partial charge in [0.25, 0.3) is 0 Å². The van der Waals surface area contributed by atoms with E-state index < -0.39 is 0 Å². The molecule has 2 nitrogen and oxygen atoms in total. The van der Waals surface area contributed by atoms with Gasteiger partial charge in [0, 0.05) is 30.2 Å². The fourth-order valence-corrected chi connectivity index (χ4v) is 3.22. The summed E-state index contributed by atoms with van der Waals surface area (Å²) in [4.78, 5) is 2.56. The molecule has 1 aromatic carbocycles. The quantitative estimate of drug-likeness (QED) is 0.859. The van der Waals surface area contributed by atoms with Crippen LogP contribution in [-0.2, 0) is 0 Å². The van der Waals surface area contributed by atoms with Gasteiger partial charge in [-0.1, -0.05) is 24.6 Å². The maximum Gasteiger partial charge on any atom is 0.0415 e. The van der Waals surface area contributed by atoms with E-state index in [-0.39, 0.29) is 0 Å². The van der Waals surface area contributed by atoms with Gasteiger partial charge in [-0.2, -0.15) is 0 Å². The van der Waals surface area contributed by atoms with Gasteiger partial charge in [0.15, 0.2) is 0 Å². The molecule has 0 radical (unpaired) electrons. The Morgan fingerprint density at radius 1 is 1.24 bits per heavy atom. The standard InChI is InChI=1S/C15H22N2/c1-12(16-2)13-6-3-4-7-14(13)17-10-15(11-17)8-5-9-15/h3-4,6-7,12,16H,5,8-11H2,1-2H3. The van der Waals surface area contributed by atoms with Crippen molar-refractivity contribution in [2.24, 2.45) is 5.41 Å². The number of anilines is 1. The number of nitrogens with one attached hydrogen (secondary N) is 1. The molecule has 2 heteroatoms. The van der Waals surface area contributed by atoms with Crippen LogP contribution in [0.1, 0.15) is 37.8 Å². The first kappa shape index (κ1) is 11.1. The molecule has 1 aliphatic carbocycles. The van der Waals surface area contributed by atoms with E-state index in [1.807, 2.05) is 7.05 Å². The first-order valence-corrected chi connectivity index (χ1v) is 6.75. The smallest absolute Gasteiger partial charge is 0.0415 e. The second kappa shape index (κ2) is 4.02. The summed E-state index contributed by atoms with van der Waals surface area (Å²) in [7, 11) is 2.03. The van der Waals surface area contributed by atoms with E-state index in [0.717, 1.165) is 0 Å². The molecule has 17 heavy (non-hydrogen) atoms. The van der Waals surface area contributed by atoms with Crippen LogP contribution in [0.2, 0.25) is 0 Å². The zero-order valence-corrected chi connectivity index (χ0v) is 10.9. The topological polar surface area (TPSA) is 15.3 Å². The average Bonchev–Trinajstić information content (AvgIpc) is 2.25. The number of hydrogen-bond donors (Lipinski definition) is 1. The fourth-order valence-electron chi connectivity index (χ4n) is 3.22. The molecule has 1 saturated heterocycles. The number of benzene rings is 1. The number of nitrogens with zero attached hydrogens (tertiary/aromatic N) is 1. The molecule has 1 atom stereocenters. The van der Waals surface area contributed by atoms with Gasteiger partial charge < -0.3 is 10.2 Å². The summed E-state index contributed by atoms with van der Waals surface area (Å²) >= 11 is 0. The summed E-state index contributed by atoms with van der Waals surface area (Å²) in [5.74, 6) is 0. The molecule has 1 aromatic rings. The number of rotatable bonds is 3. The minimum absolute atomic E-state index is 0.434. The summed E-state index contributed by atoms with van der Waals surface area (Å²) in [6, 6.07) is 9.26. The van der Waals surface area contributed by atoms with Crippen molar-refractivity contribution in [1.82, 2.24) is 5.32 Å². The van der Waals surface area contributed by atoms with E-state index in [2.05, 4.69) is 41.4 Å². The molecule has 1 N–H and O–H groups in total. The Morgan fingerprint density at radius 2 is 1.94 bits per heavy atom. The predicted molar refractivity (Wildman–Crippen MR) is 72.4 cm³/mol. The third kappa shape index (κ3) is 1.75. The molecule has 2 fully saturated rings. The van der Waals surface area contributed by atoms with Gasteiger partial charge in [-0.05, 0) is 38.4 Å². The SMILES string of the molecule is CNC(C)c1ccccc1N1CC2(CCC2)C1. The highest BCUT2D eigenvalue weighted by Crippen LogP contribution is 2.50. The predicted octanol–water partition coefficient (Wildman–Crippen LogP) is 2.96. The number of para-hydroxylation sites is 1. The molecule has 1 unspecified atom stereocenters. The van der Waals surface area contributed by atoms with Gasteiger partial charge in [0.05, 0.1) is 0 Å². The van der Waals surface area contributed by atoms with Crippen molar-refractivity contribution < 1.29 is 0 Å². The van der Waals surface area contributed by atoms with E-state index in [9.17, 15) is 0 Å². The van der Waals surface area contributed by atoms with Crippen LogP contribution in [0.3, 0.4) is 0 Å². The van der Waals surface area contributed by atoms with E-state index in [1.165, 1.54) is 43.6 Å². The normalized spacial score (nSPS) is 23.1. The Labute approximate surface area is 104 Å². The lowest BCUT2D eigenvalue weighted by Gasteiger charge is -2.57. The Bertz CT molecular complexity index is 401. The van der Waals surface area contributed by atoms with Crippen molar-refractivity contribution in [3.63, 3.8) is 0 Å². The van der Waals surface area contributed by atoms with Gasteiger partial charge in [0.2, 0.25) is 0 Å². The van der Waals surface area contributed by atoms with Gasteiger partial charge in [-0.25, -0.2) is 0 Å². The van der Waals surface area contributed by atoms with Crippen LogP contribution in [0, 0.1) is 5.41 Å². The highest BCUT2D eigenvalue weighted by molar-refractivity contribution is 5.57. The lowest BCUT2D eigenvalue weighted by atomic mass is 9.63. The molecular weight excluding hydrogens is 208 g/mol. The van der Waals surface area contributed by atoms with Gasteiger partial charge in [0.1, 0.15) is 0 Å². The van der Waals surface area contributed by atoms with Gasteiger partial charge in [-0.15, -0.1) is 0 Å². The van der Waals surface area contributed by atoms with Crippen molar-refractivity contribution in [3.05, 3.63) is 29.8 Å². The van der Waals surface area contributed by atoms with E-state index in [4.69, 9.17) is 0 Å². The molecule has 2 aliphatic rings. The zero-order chi connectivity index (χ0) is 11.9. The van der Waals surface area contributed by atoms with Crippen LogP contribution in [0.4, 0.5) is 5.69 Å². The molecule has 1 heterocycles. The second-order valence-electron chi connectivity index (χ2n) is 5.78. The third-order valence-electron chi connectivity index (χ3n) is 4.64. The Balaban J connectivity index is 1.79. The lowest BCUT2D eigenvalue weighted by Crippen LogP contribution is -2.60. The lowest BCUT2D eigenvalue weighted by molar-refractivity contribution is 0.0902. The minimum atomic E-state index is 0.434. The van der Waals surface area contributed by atoms with Crippen LogP contribution >= 0.6 is 0 Å². The van der Waals surface area contributed by atoms with Gasteiger partial charge in [-0.3, -0.25) is 0 Å². The van der Waals surface area contributed by atoms with Gasteiger partial charge >= 0.3 is 0 Å².